The van der Waals surface area contributed by atoms with Gasteiger partial charge in [-0.3, -0.25) is 14.5 Å². The van der Waals surface area contributed by atoms with Gasteiger partial charge in [-0.15, -0.1) is 0 Å². The molecule has 2 amide bonds. The molecule has 3 nitrogen and oxygen atoms in total. The number of carbonyl (C=O) groups excluding carboxylic acids is 2. The van der Waals surface area contributed by atoms with Gasteiger partial charge in [0.25, 0.3) is 11.8 Å². The number of hydrogen-bond acceptors (Lipinski definition) is 2. The van der Waals surface area contributed by atoms with Gasteiger partial charge in [-0.25, -0.2) is 0 Å². The first-order valence-electron chi connectivity index (χ1n) is 5.19. The molecule has 1 aliphatic rings. The molecule has 0 spiro atoms. The van der Waals surface area contributed by atoms with Crippen molar-refractivity contribution in [3.05, 3.63) is 35.4 Å². The lowest BCUT2D eigenvalue weighted by atomic mass is 10.1. The van der Waals surface area contributed by atoms with Crippen LogP contribution in [-0.4, -0.2) is 28.1 Å². The molecule has 16 heavy (non-hydrogen) atoms. The van der Waals surface area contributed by atoms with Gasteiger partial charge in [0.1, 0.15) is 0 Å². The second kappa shape index (κ2) is 4.37. The smallest absolute Gasteiger partial charge is 0.261 e. The number of amides is 2. The van der Waals surface area contributed by atoms with Crippen LogP contribution >= 0.6 is 15.9 Å². The molecule has 0 N–H and O–H groups in total. The van der Waals surface area contributed by atoms with E-state index in [0.717, 1.165) is 11.8 Å². The quantitative estimate of drug-likeness (QED) is 0.631. The molecular weight excluding hydrogens is 270 g/mol. The summed E-state index contributed by atoms with van der Waals surface area (Å²) in [6.07, 6.45) is 0.769. The Labute approximate surface area is 103 Å². The van der Waals surface area contributed by atoms with Gasteiger partial charge >= 0.3 is 0 Å². The van der Waals surface area contributed by atoms with Crippen LogP contribution in [0.25, 0.3) is 0 Å². The Bertz CT molecular complexity index is 409. The topological polar surface area (TPSA) is 37.4 Å². The first kappa shape index (κ1) is 11.3. The van der Waals surface area contributed by atoms with Crippen LogP contribution in [0.2, 0.25) is 0 Å². The Kier molecular flexibility index (Phi) is 3.10. The summed E-state index contributed by atoms with van der Waals surface area (Å²) in [5.41, 5.74) is 1.04. The minimum absolute atomic E-state index is 0.0632. The Balaban J connectivity index is 2.35. The molecule has 0 aromatic heterocycles. The third-order valence-corrected chi connectivity index (χ3v) is 3.25. The van der Waals surface area contributed by atoms with Crippen molar-refractivity contribution in [2.45, 2.75) is 19.4 Å². The first-order chi connectivity index (χ1) is 7.66. The van der Waals surface area contributed by atoms with E-state index in [2.05, 4.69) is 15.9 Å². The Hall–Kier alpha value is -1.16. The lowest BCUT2D eigenvalue weighted by Gasteiger charge is -2.21. The van der Waals surface area contributed by atoms with E-state index in [0.29, 0.717) is 11.1 Å². The van der Waals surface area contributed by atoms with Gasteiger partial charge in [0.2, 0.25) is 0 Å². The van der Waals surface area contributed by atoms with E-state index in [1.807, 2.05) is 6.92 Å². The van der Waals surface area contributed by atoms with Gasteiger partial charge in [0.05, 0.1) is 11.1 Å². The highest BCUT2D eigenvalue weighted by Crippen LogP contribution is 2.25. The molecule has 0 radical (unpaired) electrons. The molecule has 0 saturated carbocycles. The van der Waals surface area contributed by atoms with Gasteiger partial charge in [-0.1, -0.05) is 28.1 Å². The molecule has 0 fully saturated rings. The largest absolute Gasteiger partial charge is 0.271 e. The Morgan fingerprint density at radius 1 is 1.19 bits per heavy atom. The third kappa shape index (κ3) is 1.67. The second-order valence-electron chi connectivity index (χ2n) is 3.85. The minimum atomic E-state index is -0.172. The summed E-state index contributed by atoms with van der Waals surface area (Å²) in [7, 11) is 0. The van der Waals surface area contributed by atoms with Crippen molar-refractivity contribution in [2.75, 3.05) is 5.33 Å². The van der Waals surface area contributed by atoms with E-state index >= 15 is 0 Å². The molecule has 0 unspecified atom stereocenters. The van der Waals surface area contributed by atoms with Crippen molar-refractivity contribution in [3.63, 3.8) is 0 Å². The van der Waals surface area contributed by atoms with E-state index in [1.165, 1.54) is 4.90 Å². The summed E-state index contributed by atoms with van der Waals surface area (Å²) in [5.74, 6) is -0.344. The van der Waals surface area contributed by atoms with E-state index in [4.69, 9.17) is 0 Å². The average molecular weight is 282 g/mol. The molecule has 1 aromatic rings. The van der Waals surface area contributed by atoms with Crippen LogP contribution < -0.4 is 0 Å². The van der Waals surface area contributed by atoms with Crippen LogP contribution in [0.1, 0.15) is 34.1 Å². The SMILES string of the molecule is C[C@H](CCBr)N1C(=O)c2ccccc2C1=O. The fourth-order valence-corrected chi connectivity index (χ4v) is 2.56. The Morgan fingerprint density at radius 3 is 2.12 bits per heavy atom. The molecule has 0 saturated heterocycles. The van der Waals surface area contributed by atoms with Crippen LogP contribution in [0.3, 0.4) is 0 Å². The summed E-state index contributed by atoms with van der Waals surface area (Å²) >= 11 is 3.32. The molecule has 1 aromatic carbocycles. The normalized spacial score (nSPS) is 16.5. The number of imide groups is 1. The van der Waals surface area contributed by atoms with E-state index in [1.54, 1.807) is 24.3 Å². The summed E-state index contributed by atoms with van der Waals surface area (Å²) in [4.78, 5) is 25.4. The van der Waals surface area contributed by atoms with Crippen molar-refractivity contribution >= 4 is 27.7 Å². The maximum absolute atomic E-state index is 12.0. The number of fused-ring (bicyclic) bond motifs is 1. The monoisotopic (exact) mass is 281 g/mol. The highest BCUT2D eigenvalue weighted by molar-refractivity contribution is 9.09. The highest BCUT2D eigenvalue weighted by Gasteiger charge is 2.37. The minimum Gasteiger partial charge on any atom is -0.271 e. The highest BCUT2D eigenvalue weighted by atomic mass is 79.9. The molecule has 1 atom stereocenters. The lowest BCUT2D eigenvalue weighted by Crippen LogP contribution is -2.38. The van der Waals surface area contributed by atoms with E-state index < -0.39 is 0 Å². The first-order valence-corrected chi connectivity index (χ1v) is 6.32. The molecule has 1 heterocycles. The van der Waals surface area contributed by atoms with Crippen molar-refractivity contribution in [3.8, 4) is 0 Å². The van der Waals surface area contributed by atoms with E-state index in [-0.39, 0.29) is 17.9 Å². The van der Waals surface area contributed by atoms with Crippen LogP contribution in [0.5, 0.6) is 0 Å². The summed E-state index contributed by atoms with van der Waals surface area (Å²) in [6, 6.07) is 6.91. The summed E-state index contributed by atoms with van der Waals surface area (Å²) in [6.45, 7) is 1.89. The number of hydrogen-bond donors (Lipinski definition) is 0. The van der Waals surface area contributed by atoms with Crippen molar-refractivity contribution in [1.82, 2.24) is 4.90 Å². The molecular formula is C12H12BrNO2. The number of nitrogens with zero attached hydrogens (tertiary/aromatic N) is 1. The maximum Gasteiger partial charge on any atom is 0.261 e. The molecule has 2 rings (SSSR count). The summed E-state index contributed by atoms with van der Waals surface area (Å²) in [5, 5.41) is 0.779. The van der Waals surface area contributed by atoms with Crippen molar-refractivity contribution in [1.29, 1.82) is 0 Å². The lowest BCUT2D eigenvalue weighted by molar-refractivity contribution is 0.0594. The average Bonchev–Trinajstić information content (AvgIpc) is 2.53. The molecule has 84 valence electrons. The maximum atomic E-state index is 12.0. The van der Waals surface area contributed by atoms with Gasteiger partial charge < -0.3 is 0 Å². The molecule has 0 bridgehead atoms. The predicted octanol–water partition coefficient (Wildman–Crippen LogP) is 2.46. The van der Waals surface area contributed by atoms with Crippen LogP contribution in [0.15, 0.2) is 24.3 Å². The number of carbonyl (C=O) groups is 2. The van der Waals surface area contributed by atoms with Gasteiger partial charge in [-0.05, 0) is 25.5 Å². The fourth-order valence-electron chi connectivity index (χ4n) is 1.90. The fraction of sp³-hybridized carbons (Fsp3) is 0.333. The van der Waals surface area contributed by atoms with Crippen LogP contribution in [-0.2, 0) is 0 Å². The molecule has 1 aliphatic heterocycles. The van der Waals surface area contributed by atoms with E-state index in [9.17, 15) is 9.59 Å². The zero-order valence-corrected chi connectivity index (χ0v) is 10.5. The Morgan fingerprint density at radius 2 is 1.69 bits per heavy atom. The predicted molar refractivity (Wildman–Crippen MR) is 64.8 cm³/mol. The summed E-state index contributed by atoms with van der Waals surface area (Å²) < 4.78 is 0. The van der Waals surface area contributed by atoms with Crippen molar-refractivity contribution < 1.29 is 9.59 Å². The van der Waals surface area contributed by atoms with Gasteiger partial charge in [0, 0.05) is 11.4 Å². The zero-order chi connectivity index (χ0) is 11.7. The second-order valence-corrected chi connectivity index (χ2v) is 4.65. The number of benzene rings is 1. The van der Waals surface area contributed by atoms with Crippen LogP contribution in [0, 0.1) is 0 Å². The standard InChI is InChI=1S/C12H12BrNO2/c1-8(6-7-13)14-11(15)9-4-2-3-5-10(9)12(14)16/h2-5,8H,6-7H2,1H3/t8-/m1/s1. The third-order valence-electron chi connectivity index (χ3n) is 2.79. The molecule has 4 heteroatoms. The number of halogens is 1. The number of rotatable bonds is 3. The van der Waals surface area contributed by atoms with Crippen molar-refractivity contribution in [2.24, 2.45) is 0 Å². The van der Waals surface area contributed by atoms with Gasteiger partial charge in [0.15, 0.2) is 0 Å². The number of alkyl halides is 1. The van der Waals surface area contributed by atoms with Crippen LogP contribution in [0.4, 0.5) is 0 Å². The molecule has 0 aliphatic carbocycles. The zero-order valence-electron chi connectivity index (χ0n) is 8.94. The van der Waals surface area contributed by atoms with Gasteiger partial charge in [-0.2, -0.15) is 0 Å².